The first-order valence-corrected chi connectivity index (χ1v) is 5.09. The van der Waals surface area contributed by atoms with Crippen molar-refractivity contribution in [1.29, 1.82) is 0 Å². The van der Waals surface area contributed by atoms with Crippen LogP contribution in [0.5, 0.6) is 0 Å². The Balaban J connectivity index is 2.55. The molecule has 2 N–H and O–H groups in total. The molecule has 0 aliphatic heterocycles. The first-order chi connectivity index (χ1) is 7.27. The molecule has 4 nitrogen and oxygen atoms in total. The van der Waals surface area contributed by atoms with E-state index >= 15 is 0 Å². The molecular weight excluding hydrogens is 192 g/mol. The maximum Gasteiger partial charge on any atom is 0.253 e. The quantitative estimate of drug-likeness (QED) is 0.758. The molecule has 1 aromatic heterocycles. The minimum atomic E-state index is -0.136. The minimum absolute atomic E-state index is 0.0303. The second kappa shape index (κ2) is 6.14. The van der Waals surface area contributed by atoms with Crippen molar-refractivity contribution in [3.8, 4) is 0 Å². The highest BCUT2D eigenvalue weighted by Crippen LogP contribution is 2.00. The molecule has 15 heavy (non-hydrogen) atoms. The van der Waals surface area contributed by atoms with E-state index in [0.717, 1.165) is 6.42 Å². The van der Waals surface area contributed by atoms with Crippen LogP contribution in [0.3, 0.4) is 0 Å². The molecule has 1 rings (SSSR count). The molecule has 0 bridgehead atoms. The van der Waals surface area contributed by atoms with Crippen molar-refractivity contribution in [2.24, 2.45) is 0 Å². The Morgan fingerprint density at radius 1 is 1.67 bits per heavy atom. The van der Waals surface area contributed by atoms with Gasteiger partial charge in [-0.05, 0) is 25.0 Å². The van der Waals surface area contributed by atoms with Gasteiger partial charge in [0.05, 0.1) is 5.56 Å². The summed E-state index contributed by atoms with van der Waals surface area (Å²) in [6.07, 6.45) is 4.55. The van der Waals surface area contributed by atoms with Crippen LogP contribution in [0.1, 0.15) is 30.1 Å². The summed E-state index contributed by atoms with van der Waals surface area (Å²) in [5.41, 5.74) is 0.550. The van der Waals surface area contributed by atoms with Crippen molar-refractivity contribution in [2.45, 2.75) is 25.8 Å². The van der Waals surface area contributed by atoms with E-state index in [2.05, 4.69) is 10.3 Å². The maximum absolute atomic E-state index is 11.7. The van der Waals surface area contributed by atoms with Crippen molar-refractivity contribution in [1.82, 2.24) is 10.3 Å². The second-order valence-corrected chi connectivity index (χ2v) is 3.33. The number of aliphatic hydroxyl groups is 1. The molecule has 1 aromatic rings. The summed E-state index contributed by atoms with van der Waals surface area (Å²) >= 11 is 0. The standard InChI is InChI=1S/C11H16N2O2/c1-2-10(5-7-14)13-11(15)9-4-3-6-12-8-9/h3-4,6,8,10,14H,2,5,7H2,1H3,(H,13,15). The van der Waals surface area contributed by atoms with Crippen LogP contribution in [-0.4, -0.2) is 28.6 Å². The lowest BCUT2D eigenvalue weighted by Gasteiger charge is -2.15. The highest BCUT2D eigenvalue weighted by atomic mass is 16.3. The average molecular weight is 208 g/mol. The predicted octanol–water partition coefficient (Wildman–Crippen LogP) is 0.972. The van der Waals surface area contributed by atoms with Gasteiger partial charge in [0.1, 0.15) is 0 Å². The zero-order valence-corrected chi connectivity index (χ0v) is 8.81. The van der Waals surface area contributed by atoms with Gasteiger partial charge in [-0.25, -0.2) is 0 Å². The molecule has 1 unspecified atom stereocenters. The Bertz CT molecular complexity index is 301. The van der Waals surface area contributed by atoms with E-state index < -0.39 is 0 Å². The van der Waals surface area contributed by atoms with Crippen LogP contribution >= 0.6 is 0 Å². The Morgan fingerprint density at radius 3 is 3.00 bits per heavy atom. The fraction of sp³-hybridized carbons (Fsp3) is 0.455. The van der Waals surface area contributed by atoms with Crippen LogP contribution in [0.2, 0.25) is 0 Å². The van der Waals surface area contributed by atoms with E-state index in [1.165, 1.54) is 6.20 Å². The van der Waals surface area contributed by atoms with Gasteiger partial charge in [-0.3, -0.25) is 9.78 Å². The third kappa shape index (κ3) is 3.67. The molecule has 0 radical (unpaired) electrons. The van der Waals surface area contributed by atoms with Gasteiger partial charge < -0.3 is 10.4 Å². The van der Waals surface area contributed by atoms with Gasteiger partial charge in [-0.1, -0.05) is 6.92 Å². The van der Waals surface area contributed by atoms with Gasteiger partial charge in [0.25, 0.3) is 5.91 Å². The maximum atomic E-state index is 11.7. The number of aliphatic hydroxyl groups excluding tert-OH is 1. The number of aromatic nitrogens is 1. The number of hydrogen-bond donors (Lipinski definition) is 2. The third-order valence-corrected chi connectivity index (χ3v) is 2.23. The Labute approximate surface area is 89.3 Å². The van der Waals surface area contributed by atoms with Crippen LogP contribution in [0.25, 0.3) is 0 Å². The van der Waals surface area contributed by atoms with E-state index in [-0.39, 0.29) is 18.6 Å². The summed E-state index contributed by atoms with van der Waals surface area (Å²) in [6.45, 7) is 2.07. The normalized spacial score (nSPS) is 12.1. The lowest BCUT2D eigenvalue weighted by Crippen LogP contribution is -2.35. The summed E-state index contributed by atoms with van der Waals surface area (Å²) in [5.74, 6) is -0.136. The van der Waals surface area contributed by atoms with Gasteiger partial charge in [0, 0.05) is 25.0 Å². The van der Waals surface area contributed by atoms with Crippen molar-refractivity contribution in [2.75, 3.05) is 6.61 Å². The number of carbonyl (C=O) groups is 1. The smallest absolute Gasteiger partial charge is 0.253 e. The van der Waals surface area contributed by atoms with E-state index in [1.54, 1.807) is 18.3 Å². The van der Waals surface area contributed by atoms with Gasteiger partial charge in [0.2, 0.25) is 0 Å². The van der Waals surface area contributed by atoms with Crippen molar-refractivity contribution in [3.05, 3.63) is 30.1 Å². The van der Waals surface area contributed by atoms with Crippen molar-refractivity contribution in [3.63, 3.8) is 0 Å². The van der Waals surface area contributed by atoms with Gasteiger partial charge in [0.15, 0.2) is 0 Å². The molecule has 82 valence electrons. The molecule has 4 heteroatoms. The molecule has 0 fully saturated rings. The molecule has 0 saturated carbocycles. The van der Waals surface area contributed by atoms with Crippen LogP contribution in [0.15, 0.2) is 24.5 Å². The lowest BCUT2D eigenvalue weighted by molar-refractivity contribution is 0.0929. The number of hydrogen-bond acceptors (Lipinski definition) is 3. The van der Waals surface area contributed by atoms with Crippen LogP contribution in [0, 0.1) is 0 Å². The average Bonchev–Trinajstić information content (AvgIpc) is 2.29. The molecule has 0 aromatic carbocycles. The first kappa shape index (κ1) is 11.7. The fourth-order valence-corrected chi connectivity index (χ4v) is 1.30. The summed E-state index contributed by atoms with van der Waals surface area (Å²) in [4.78, 5) is 15.5. The first-order valence-electron chi connectivity index (χ1n) is 5.09. The zero-order chi connectivity index (χ0) is 11.1. The number of carbonyl (C=O) groups excluding carboxylic acids is 1. The molecule has 1 atom stereocenters. The lowest BCUT2D eigenvalue weighted by atomic mass is 10.1. The van der Waals surface area contributed by atoms with Gasteiger partial charge >= 0.3 is 0 Å². The third-order valence-electron chi connectivity index (χ3n) is 2.23. The molecular formula is C11H16N2O2. The van der Waals surface area contributed by atoms with Gasteiger partial charge in [-0.2, -0.15) is 0 Å². The van der Waals surface area contributed by atoms with E-state index in [4.69, 9.17) is 5.11 Å². The molecule has 0 saturated heterocycles. The van der Waals surface area contributed by atoms with Crippen molar-refractivity contribution < 1.29 is 9.90 Å². The number of nitrogens with one attached hydrogen (secondary N) is 1. The molecule has 1 amide bonds. The summed E-state index contributed by atoms with van der Waals surface area (Å²) in [7, 11) is 0. The Kier molecular flexibility index (Phi) is 4.77. The highest BCUT2D eigenvalue weighted by Gasteiger charge is 2.11. The molecule has 0 aliphatic carbocycles. The minimum Gasteiger partial charge on any atom is -0.396 e. The monoisotopic (exact) mass is 208 g/mol. The zero-order valence-electron chi connectivity index (χ0n) is 8.81. The molecule has 0 spiro atoms. The number of nitrogens with zero attached hydrogens (tertiary/aromatic N) is 1. The fourth-order valence-electron chi connectivity index (χ4n) is 1.30. The van der Waals surface area contributed by atoms with Gasteiger partial charge in [-0.15, -0.1) is 0 Å². The van der Waals surface area contributed by atoms with Crippen LogP contribution in [0.4, 0.5) is 0 Å². The summed E-state index contributed by atoms with van der Waals surface area (Å²) in [6, 6.07) is 3.47. The molecule has 1 heterocycles. The van der Waals surface area contributed by atoms with E-state index in [9.17, 15) is 4.79 Å². The predicted molar refractivity (Wildman–Crippen MR) is 57.5 cm³/mol. The van der Waals surface area contributed by atoms with Crippen molar-refractivity contribution >= 4 is 5.91 Å². The SMILES string of the molecule is CCC(CCO)NC(=O)c1cccnc1. The van der Waals surface area contributed by atoms with E-state index in [1.807, 2.05) is 6.92 Å². The Morgan fingerprint density at radius 2 is 2.47 bits per heavy atom. The summed E-state index contributed by atoms with van der Waals surface area (Å²) < 4.78 is 0. The highest BCUT2D eigenvalue weighted by molar-refractivity contribution is 5.93. The Hall–Kier alpha value is -1.42. The van der Waals surface area contributed by atoms with Crippen LogP contribution in [-0.2, 0) is 0 Å². The summed E-state index contributed by atoms with van der Waals surface area (Å²) in [5, 5.41) is 11.6. The van der Waals surface area contributed by atoms with Crippen LogP contribution < -0.4 is 5.32 Å². The number of amides is 1. The number of rotatable bonds is 5. The topological polar surface area (TPSA) is 62.2 Å². The largest absolute Gasteiger partial charge is 0.396 e. The van der Waals surface area contributed by atoms with E-state index in [0.29, 0.717) is 12.0 Å². The molecule has 0 aliphatic rings. The number of pyridine rings is 1. The second-order valence-electron chi connectivity index (χ2n) is 3.33.